The zero-order chi connectivity index (χ0) is 12.0. The summed E-state index contributed by atoms with van der Waals surface area (Å²) < 4.78 is 0. The van der Waals surface area contributed by atoms with Crippen LogP contribution in [-0.2, 0) is 0 Å². The van der Waals surface area contributed by atoms with Crippen molar-refractivity contribution in [3.05, 3.63) is 29.8 Å². The fraction of sp³-hybridized carbons (Fsp3) is 0.417. The number of hydrogen-bond acceptors (Lipinski definition) is 3. The SMILES string of the molecule is CC(CCN)CNC(=O)c1cccc(O)c1. The molecule has 4 nitrogen and oxygen atoms in total. The molecule has 88 valence electrons. The number of nitrogens with two attached hydrogens (primary N) is 1. The van der Waals surface area contributed by atoms with Gasteiger partial charge in [-0.05, 0) is 37.1 Å². The molecule has 16 heavy (non-hydrogen) atoms. The van der Waals surface area contributed by atoms with Gasteiger partial charge in [-0.2, -0.15) is 0 Å². The molecule has 4 heteroatoms. The van der Waals surface area contributed by atoms with Crippen molar-refractivity contribution in [2.24, 2.45) is 11.7 Å². The smallest absolute Gasteiger partial charge is 0.251 e. The summed E-state index contributed by atoms with van der Waals surface area (Å²) in [5.74, 6) is 0.300. The Kier molecular flexibility index (Phi) is 4.79. The first-order chi connectivity index (χ1) is 7.63. The van der Waals surface area contributed by atoms with Gasteiger partial charge in [-0.3, -0.25) is 4.79 Å². The lowest BCUT2D eigenvalue weighted by atomic mass is 10.1. The quantitative estimate of drug-likeness (QED) is 0.698. The molecule has 0 aliphatic rings. The maximum atomic E-state index is 11.7. The summed E-state index contributed by atoms with van der Waals surface area (Å²) in [5.41, 5.74) is 5.89. The molecule has 0 saturated carbocycles. The molecule has 1 atom stereocenters. The molecule has 1 amide bonds. The number of nitrogens with one attached hydrogen (secondary N) is 1. The Hall–Kier alpha value is -1.55. The van der Waals surface area contributed by atoms with E-state index in [1.54, 1.807) is 12.1 Å². The molecule has 1 aromatic carbocycles. The fourth-order valence-corrected chi connectivity index (χ4v) is 1.40. The molecule has 1 rings (SSSR count). The molecule has 0 saturated heterocycles. The van der Waals surface area contributed by atoms with Gasteiger partial charge in [-0.25, -0.2) is 0 Å². The van der Waals surface area contributed by atoms with Gasteiger partial charge in [0.1, 0.15) is 5.75 Å². The molecular weight excluding hydrogens is 204 g/mol. The molecule has 4 N–H and O–H groups in total. The van der Waals surface area contributed by atoms with Crippen LogP contribution in [0.1, 0.15) is 23.7 Å². The predicted molar refractivity (Wildman–Crippen MR) is 63.3 cm³/mol. The van der Waals surface area contributed by atoms with Crippen LogP contribution in [-0.4, -0.2) is 24.1 Å². The minimum Gasteiger partial charge on any atom is -0.508 e. The highest BCUT2D eigenvalue weighted by molar-refractivity contribution is 5.94. The van der Waals surface area contributed by atoms with Gasteiger partial charge in [0.05, 0.1) is 0 Å². The van der Waals surface area contributed by atoms with Crippen LogP contribution in [0.3, 0.4) is 0 Å². The van der Waals surface area contributed by atoms with Crippen molar-refractivity contribution in [2.45, 2.75) is 13.3 Å². The summed E-state index contributed by atoms with van der Waals surface area (Å²) in [4.78, 5) is 11.7. The second kappa shape index (κ2) is 6.12. The molecule has 0 aromatic heterocycles. The van der Waals surface area contributed by atoms with Gasteiger partial charge < -0.3 is 16.2 Å². The Morgan fingerprint density at radius 2 is 2.31 bits per heavy atom. The molecule has 1 unspecified atom stereocenters. The van der Waals surface area contributed by atoms with Crippen molar-refractivity contribution in [3.8, 4) is 5.75 Å². The van der Waals surface area contributed by atoms with Crippen LogP contribution in [0.5, 0.6) is 5.75 Å². The normalized spacial score (nSPS) is 12.1. The summed E-state index contributed by atoms with van der Waals surface area (Å²) >= 11 is 0. The predicted octanol–water partition coefficient (Wildman–Crippen LogP) is 1.11. The van der Waals surface area contributed by atoms with Gasteiger partial charge >= 0.3 is 0 Å². The first-order valence-corrected chi connectivity index (χ1v) is 5.40. The van der Waals surface area contributed by atoms with E-state index in [4.69, 9.17) is 5.73 Å². The van der Waals surface area contributed by atoms with Crippen LogP contribution in [0.4, 0.5) is 0 Å². The molecule has 0 aliphatic carbocycles. The average molecular weight is 222 g/mol. The van der Waals surface area contributed by atoms with Crippen LogP contribution < -0.4 is 11.1 Å². The Bertz CT molecular complexity index is 353. The van der Waals surface area contributed by atoms with Crippen LogP contribution >= 0.6 is 0 Å². The summed E-state index contributed by atoms with van der Waals surface area (Å²) in [5, 5.41) is 12.0. The third kappa shape index (κ3) is 3.90. The number of phenols is 1. The van der Waals surface area contributed by atoms with E-state index in [1.165, 1.54) is 12.1 Å². The third-order valence-corrected chi connectivity index (χ3v) is 2.38. The van der Waals surface area contributed by atoms with E-state index in [9.17, 15) is 9.90 Å². The van der Waals surface area contributed by atoms with Gasteiger partial charge in [0.15, 0.2) is 0 Å². The van der Waals surface area contributed by atoms with Gasteiger partial charge in [-0.15, -0.1) is 0 Å². The number of benzene rings is 1. The van der Waals surface area contributed by atoms with Crippen LogP contribution in [0.25, 0.3) is 0 Å². The highest BCUT2D eigenvalue weighted by Crippen LogP contribution is 2.10. The topological polar surface area (TPSA) is 75.3 Å². The summed E-state index contributed by atoms with van der Waals surface area (Å²) in [7, 11) is 0. The molecule has 1 aromatic rings. The standard InChI is InChI=1S/C12H18N2O2/c1-9(5-6-13)8-14-12(16)10-3-2-4-11(15)7-10/h2-4,7,9,15H,5-6,8,13H2,1H3,(H,14,16). The van der Waals surface area contributed by atoms with E-state index in [2.05, 4.69) is 5.32 Å². The second-order valence-corrected chi connectivity index (χ2v) is 3.94. The van der Waals surface area contributed by atoms with Crippen molar-refractivity contribution >= 4 is 5.91 Å². The van der Waals surface area contributed by atoms with E-state index in [1.807, 2.05) is 6.92 Å². The average Bonchev–Trinajstić information content (AvgIpc) is 2.26. The zero-order valence-corrected chi connectivity index (χ0v) is 9.44. The van der Waals surface area contributed by atoms with Crippen molar-refractivity contribution in [1.82, 2.24) is 5.32 Å². The number of hydrogen-bond donors (Lipinski definition) is 3. The monoisotopic (exact) mass is 222 g/mol. The van der Waals surface area contributed by atoms with Crippen molar-refractivity contribution in [1.29, 1.82) is 0 Å². The number of rotatable bonds is 5. The van der Waals surface area contributed by atoms with Gasteiger partial charge in [0, 0.05) is 12.1 Å². The zero-order valence-electron chi connectivity index (χ0n) is 9.44. The lowest BCUT2D eigenvalue weighted by molar-refractivity contribution is 0.0947. The first kappa shape index (κ1) is 12.5. The Balaban J connectivity index is 2.47. The fourth-order valence-electron chi connectivity index (χ4n) is 1.40. The first-order valence-electron chi connectivity index (χ1n) is 5.40. The maximum absolute atomic E-state index is 11.7. The van der Waals surface area contributed by atoms with Crippen LogP contribution in [0.2, 0.25) is 0 Å². The van der Waals surface area contributed by atoms with Gasteiger partial charge in [-0.1, -0.05) is 13.0 Å². The Labute approximate surface area is 95.5 Å². The number of carbonyl (C=O) groups is 1. The maximum Gasteiger partial charge on any atom is 0.251 e. The van der Waals surface area contributed by atoms with E-state index < -0.39 is 0 Å². The Morgan fingerprint density at radius 3 is 2.94 bits per heavy atom. The summed E-state index contributed by atoms with van der Waals surface area (Å²) in [6.45, 7) is 3.27. The minimum absolute atomic E-state index is 0.0997. The van der Waals surface area contributed by atoms with Gasteiger partial charge in [0.25, 0.3) is 5.91 Å². The molecule has 0 aliphatic heterocycles. The lowest BCUT2D eigenvalue weighted by Crippen LogP contribution is -2.29. The van der Waals surface area contributed by atoms with Crippen molar-refractivity contribution in [3.63, 3.8) is 0 Å². The molecule has 0 heterocycles. The number of aromatic hydroxyl groups is 1. The van der Waals surface area contributed by atoms with Gasteiger partial charge in [0.2, 0.25) is 0 Å². The van der Waals surface area contributed by atoms with Crippen molar-refractivity contribution < 1.29 is 9.90 Å². The highest BCUT2D eigenvalue weighted by Gasteiger charge is 2.07. The number of amides is 1. The van der Waals surface area contributed by atoms with E-state index in [-0.39, 0.29) is 11.7 Å². The number of carbonyl (C=O) groups excluding carboxylic acids is 1. The molecule has 0 fully saturated rings. The lowest BCUT2D eigenvalue weighted by Gasteiger charge is -2.11. The summed E-state index contributed by atoms with van der Waals surface area (Å²) in [6.07, 6.45) is 0.889. The van der Waals surface area contributed by atoms with Crippen LogP contribution in [0.15, 0.2) is 24.3 Å². The van der Waals surface area contributed by atoms with E-state index >= 15 is 0 Å². The summed E-state index contributed by atoms with van der Waals surface area (Å²) in [6, 6.07) is 6.30. The Morgan fingerprint density at radius 1 is 1.56 bits per heavy atom. The molecule has 0 bridgehead atoms. The van der Waals surface area contributed by atoms with Crippen LogP contribution in [0, 0.1) is 5.92 Å². The number of phenolic OH excluding ortho intramolecular Hbond substituents is 1. The molecule has 0 radical (unpaired) electrons. The molecular formula is C12H18N2O2. The minimum atomic E-state index is -0.167. The molecule has 0 spiro atoms. The second-order valence-electron chi connectivity index (χ2n) is 3.94. The largest absolute Gasteiger partial charge is 0.508 e. The third-order valence-electron chi connectivity index (χ3n) is 2.38. The van der Waals surface area contributed by atoms with E-state index in [0.717, 1.165) is 6.42 Å². The van der Waals surface area contributed by atoms with E-state index in [0.29, 0.717) is 24.6 Å². The highest BCUT2D eigenvalue weighted by atomic mass is 16.3. The van der Waals surface area contributed by atoms with Crippen molar-refractivity contribution in [2.75, 3.05) is 13.1 Å².